The van der Waals surface area contributed by atoms with Gasteiger partial charge in [-0.2, -0.15) is 0 Å². The second kappa shape index (κ2) is 3.56. The number of ether oxygens (including phenoxy) is 1. The average molecular weight is 206 g/mol. The van der Waals surface area contributed by atoms with E-state index in [0.29, 0.717) is 17.9 Å². The first-order valence-corrected chi connectivity index (χ1v) is 5.69. The second-order valence-electron chi connectivity index (χ2n) is 5.44. The molecule has 0 aromatic heterocycles. The second-order valence-corrected chi connectivity index (χ2v) is 5.44. The molecule has 15 heavy (non-hydrogen) atoms. The molecule has 3 atom stereocenters. The Morgan fingerprint density at radius 3 is 2.80 bits per heavy atom. The van der Waals surface area contributed by atoms with Gasteiger partial charge in [0.05, 0.1) is 6.61 Å². The highest BCUT2D eigenvalue weighted by molar-refractivity contribution is 5.87. The normalized spacial score (nSPS) is 36.2. The number of carbonyl (C=O) groups is 1. The van der Waals surface area contributed by atoms with Gasteiger partial charge in [0.25, 0.3) is 0 Å². The van der Waals surface area contributed by atoms with E-state index in [0.717, 1.165) is 11.8 Å². The number of carbonyl (C=O) groups excluding carboxylic acids is 1. The van der Waals surface area contributed by atoms with Crippen LogP contribution in [0.4, 0.5) is 0 Å². The Morgan fingerprint density at radius 1 is 1.53 bits per heavy atom. The van der Waals surface area contributed by atoms with Crippen molar-refractivity contribution in [2.24, 2.45) is 23.2 Å². The van der Waals surface area contributed by atoms with Crippen LogP contribution in [0.15, 0.2) is 0 Å². The van der Waals surface area contributed by atoms with Gasteiger partial charge in [0.1, 0.15) is 0 Å². The van der Waals surface area contributed by atoms with Gasteiger partial charge in [-0.1, -0.05) is 13.8 Å². The minimum absolute atomic E-state index is 0.450. The fourth-order valence-electron chi connectivity index (χ4n) is 3.39. The third-order valence-corrected chi connectivity index (χ3v) is 4.55. The lowest BCUT2D eigenvalue weighted by Gasteiger charge is -2.59. The summed E-state index contributed by atoms with van der Waals surface area (Å²) in [5.74, 6) is 3.62. The summed E-state index contributed by atoms with van der Waals surface area (Å²) in [6.07, 6.45) is 8.74. The summed E-state index contributed by atoms with van der Waals surface area (Å²) in [4.78, 5) is 10.9. The molecule has 0 N–H and O–H groups in total. The number of hydrogen-bond donors (Lipinski definition) is 0. The van der Waals surface area contributed by atoms with Crippen molar-refractivity contribution in [1.82, 2.24) is 0 Å². The van der Waals surface area contributed by atoms with Crippen LogP contribution in [0.2, 0.25) is 0 Å². The average Bonchev–Trinajstić information content (AvgIpc) is 2.25. The van der Waals surface area contributed by atoms with Gasteiger partial charge in [0, 0.05) is 5.92 Å². The van der Waals surface area contributed by atoms with Crippen molar-refractivity contribution in [1.29, 1.82) is 0 Å². The molecule has 3 saturated carbocycles. The Bertz CT molecular complexity index is 309. The Hall–Kier alpha value is -0.970. The quantitative estimate of drug-likeness (QED) is 0.393. The first kappa shape index (κ1) is 10.5. The zero-order valence-electron chi connectivity index (χ0n) is 9.45. The van der Waals surface area contributed by atoms with Crippen LogP contribution in [-0.2, 0) is 9.53 Å². The molecule has 3 aliphatic rings. The zero-order chi connectivity index (χ0) is 11.1. The summed E-state index contributed by atoms with van der Waals surface area (Å²) >= 11 is 0. The molecule has 2 nitrogen and oxygen atoms in total. The van der Waals surface area contributed by atoms with Crippen LogP contribution in [0.25, 0.3) is 0 Å². The standard InChI is InChI=1S/C13H18O2/c1-4-12(14)15-8-9-5-6-10-7-11(9)13(10,2)3/h1,9-11H,5-8H2,2-3H3. The van der Waals surface area contributed by atoms with E-state index in [1.807, 2.05) is 5.92 Å². The molecule has 2 heteroatoms. The SMILES string of the molecule is C#CC(=O)OCC1CCC2CC1C2(C)C. The summed E-state index contributed by atoms with van der Waals surface area (Å²) in [5, 5.41) is 0. The monoisotopic (exact) mass is 206 g/mol. The van der Waals surface area contributed by atoms with Gasteiger partial charge in [0.2, 0.25) is 0 Å². The van der Waals surface area contributed by atoms with E-state index in [2.05, 4.69) is 13.8 Å². The van der Waals surface area contributed by atoms with Crippen molar-refractivity contribution in [3.8, 4) is 12.3 Å². The molecule has 3 rings (SSSR count). The number of fused-ring (bicyclic) bond motifs is 2. The molecule has 0 saturated heterocycles. The van der Waals surface area contributed by atoms with E-state index in [4.69, 9.17) is 11.2 Å². The molecule has 0 aliphatic heterocycles. The molecule has 0 radical (unpaired) electrons. The van der Waals surface area contributed by atoms with Crippen LogP contribution < -0.4 is 0 Å². The predicted molar refractivity (Wildman–Crippen MR) is 57.9 cm³/mol. The van der Waals surface area contributed by atoms with Gasteiger partial charge in [-0.3, -0.25) is 0 Å². The van der Waals surface area contributed by atoms with Gasteiger partial charge < -0.3 is 4.74 Å². The molecule has 3 aliphatic carbocycles. The van der Waals surface area contributed by atoms with Gasteiger partial charge in [0.15, 0.2) is 0 Å². The highest BCUT2D eigenvalue weighted by Crippen LogP contribution is 2.61. The molecular weight excluding hydrogens is 188 g/mol. The Kier molecular flexibility index (Phi) is 2.50. The summed E-state index contributed by atoms with van der Waals surface area (Å²) in [6, 6.07) is 0. The first-order chi connectivity index (χ1) is 7.05. The molecule has 2 bridgehead atoms. The molecular formula is C13H18O2. The van der Waals surface area contributed by atoms with Crippen molar-refractivity contribution in [2.45, 2.75) is 33.1 Å². The van der Waals surface area contributed by atoms with Gasteiger partial charge in [-0.15, -0.1) is 6.42 Å². The van der Waals surface area contributed by atoms with Crippen molar-refractivity contribution in [3.63, 3.8) is 0 Å². The van der Waals surface area contributed by atoms with E-state index < -0.39 is 5.97 Å². The summed E-state index contributed by atoms with van der Waals surface area (Å²) in [7, 11) is 0. The smallest absolute Gasteiger partial charge is 0.384 e. The fraction of sp³-hybridized carbons (Fsp3) is 0.769. The Labute approximate surface area is 91.4 Å². The Balaban J connectivity index is 1.89. The van der Waals surface area contributed by atoms with Crippen LogP contribution in [0, 0.1) is 35.5 Å². The minimum Gasteiger partial charge on any atom is -0.456 e. The van der Waals surface area contributed by atoms with E-state index >= 15 is 0 Å². The lowest BCUT2D eigenvalue weighted by molar-refractivity contribution is -0.150. The molecule has 3 fully saturated rings. The maximum atomic E-state index is 10.9. The number of rotatable bonds is 2. The van der Waals surface area contributed by atoms with Gasteiger partial charge in [-0.05, 0) is 42.4 Å². The van der Waals surface area contributed by atoms with Crippen molar-refractivity contribution >= 4 is 5.97 Å². The highest BCUT2D eigenvalue weighted by atomic mass is 16.5. The van der Waals surface area contributed by atoms with E-state index in [1.54, 1.807) is 0 Å². The number of hydrogen-bond acceptors (Lipinski definition) is 2. The van der Waals surface area contributed by atoms with Crippen LogP contribution in [0.1, 0.15) is 33.1 Å². The lowest BCUT2D eigenvalue weighted by Crippen LogP contribution is -2.53. The van der Waals surface area contributed by atoms with Crippen molar-refractivity contribution in [2.75, 3.05) is 6.61 Å². The van der Waals surface area contributed by atoms with Crippen molar-refractivity contribution in [3.05, 3.63) is 0 Å². The summed E-state index contributed by atoms with van der Waals surface area (Å²) in [6.45, 7) is 5.19. The fourth-order valence-corrected chi connectivity index (χ4v) is 3.39. The molecule has 0 amide bonds. The maximum absolute atomic E-state index is 10.9. The van der Waals surface area contributed by atoms with E-state index in [1.165, 1.54) is 19.3 Å². The van der Waals surface area contributed by atoms with Crippen LogP contribution in [0.5, 0.6) is 0 Å². The molecule has 0 heterocycles. The van der Waals surface area contributed by atoms with Crippen LogP contribution >= 0.6 is 0 Å². The lowest BCUT2D eigenvalue weighted by atomic mass is 9.46. The van der Waals surface area contributed by atoms with Crippen LogP contribution in [0.3, 0.4) is 0 Å². The van der Waals surface area contributed by atoms with E-state index in [-0.39, 0.29) is 0 Å². The molecule has 0 aromatic carbocycles. The summed E-state index contributed by atoms with van der Waals surface area (Å²) in [5.41, 5.74) is 0.450. The minimum atomic E-state index is -0.519. The molecule has 0 aromatic rings. The van der Waals surface area contributed by atoms with Gasteiger partial charge in [-0.25, -0.2) is 4.79 Å². The predicted octanol–water partition coefficient (Wildman–Crippen LogP) is 2.24. The molecule has 82 valence electrons. The third kappa shape index (κ3) is 1.65. The number of esters is 1. The zero-order valence-corrected chi connectivity index (χ0v) is 9.45. The van der Waals surface area contributed by atoms with Crippen molar-refractivity contribution < 1.29 is 9.53 Å². The van der Waals surface area contributed by atoms with E-state index in [9.17, 15) is 4.79 Å². The van der Waals surface area contributed by atoms with Crippen LogP contribution in [-0.4, -0.2) is 12.6 Å². The number of terminal acetylenes is 1. The highest BCUT2D eigenvalue weighted by Gasteiger charge is 2.54. The molecule has 3 unspecified atom stereocenters. The maximum Gasteiger partial charge on any atom is 0.384 e. The third-order valence-electron chi connectivity index (χ3n) is 4.55. The Morgan fingerprint density at radius 2 is 2.27 bits per heavy atom. The summed E-state index contributed by atoms with van der Waals surface area (Å²) < 4.78 is 5.04. The molecule has 0 spiro atoms. The topological polar surface area (TPSA) is 26.3 Å². The first-order valence-electron chi connectivity index (χ1n) is 5.69. The largest absolute Gasteiger partial charge is 0.456 e. The van der Waals surface area contributed by atoms with Gasteiger partial charge >= 0.3 is 5.97 Å².